The first-order chi connectivity index (χ1) is 15.2. The molecule has 1 saturated heterocycles. The standard InChI is InChI=1S/C22H19F3N4O2S/c1-13-20(30)29(15-7-9-16(10-8-15)32-22(23,24)25)21(31)28(13)12-14-11-19(26-2)27-18-6-4-3-5-17(14)18/h3-11,13H,12H2,1-2H3,(H,26,27). The first-order valence-corrected chi connectivity index (χ1v) is 10.6. The van der Waals surface area contributed by atoms with E-state index in [1.165, 1.54) is 29.2 Å². The van der Waals surface area contributed by atoms with Gasteiger partial charge in [0, 0.05) is 23.9 Å². The Hall–Kier alpha value is -3.27. The minimum atomic E-state index is -4.41. The molecule has 0 bridgehead atoms. The van der Waals surface area contributed by atoms with Gasteiger partial charge in [-0.15, -0.1) is 0 Å². The lowest BCUT2D eigenvalue weighted by Crippen LogP contribution is -2.33. The largest absolute Gasteiger partial charge is 0.446 e. The summed E-state index contributed by atoms with van der Waals surface area (Å²) in [4.78, 5) is 33.0. The molecule has 0 spiro atoms. The lowest BCUT2D eigenvalue weighted by atomic mass is 10.1. The Morgan fingerprint density at radius 3 is 2.44 bits per heavy atom. The third kappa shape index (κ3) is 4.22. The second kappa shape index (κ2) is 8.34. The Labute approximate surface area is 186 Å². The van der Waals surface area contributed by atoms with Crippen LogP contribution >= 0.6 is 11.8 Å². The minimum absolute atomic E-state index is 0.0203. The number of para-hydroxylation sites is 1. The summed E-state index contributed by atoms with van der Waals surface area (Å²) in [6.45, 7) is 1.82. The van der Waals surface area contributed by atoms with Crippen molar-refractivity contribution < 1.29 is 22.8 Å². The molecule has 1 unspecified atom stereocenters. The van der Waals surface area contributed by atoms with Crippen LogP contribution in [0.3, 0.4) is 0 Å². The first-order valence-electron chi connectivity index (χ1n) is 9.75. The van der Waals surface area contributed by atoms with Crippen molar-refractivity contribution in [3.05, 3.63) is 60.2 Å². The number of imide groups is 1. The van der Waals surface area contributed by atoms with Crippen molar-refractivity contribution in [2.75, 3.05) is 17.3 Å². The van der Waals surface area contributed by atoms with Crippen LogP contribution in [0.2, 0.25) is 0 Å². The maximum atomic E-state index is 13.1. The number of alkyl halides is 3. The Morgan fingerprint density at radius 1 is 1.09 bits per heavy atom. The molecule has 32 heavy (non-hydrogen) atoms. The van der Waals surface area contributed by atoms with Crippen molar-refractivity contribution >= 4 is 46.1 Å². The molecule has 10 heteroatoms. The van der Waals surface area contributed by atoms with Gasteiger partial charge >= 0.3 is 11.5 Å². The van der Waals surface area contributed by atoms with Crippen molar-refractivity contribution in [2.24, 2.45) is 0 Å². The van der Waals surface area contributed by atoms with Crippen molar-refractivity contribution in [1.82, 2.24) is 9.88 Å². The highest BCUT2D eigenvalue weighted by Gasteiger charge is 2.43. The fourth-order valence-electron chi connectivity index (χ4n) is 3.64. The highest BCUT2D eigenvalue weighted by Crippen LogP contribution is 2.38. The quantitative estimate of drug-likeness (QED) is 0.416. The zero-order valence-corrected chi connectivity index (χ0v) is 18.0. The summed E-state index contributed by atoms with van der Waals surface area (Å²) in [5, 5.41) is 3.86. The lowest BCUT2D eigenvalue weighted by molar-refractivity contribution is -0.119. The summed E-state index contributed by atoms with van der Waals surface area (Å²) in [6, 6.07) is 13.3. The normalized spacial score (nSPS) is 16.8. The van der Waals surface area contributed by atoms with Crippen LogP contribution in [0, 0.1) is 0 Å². The number of carbonyl (C=O) groups excluding carboxylic acids is 2. The van der Waals surface area contributed by atoms with Gasteiger partial charge in [0.2, 0.25) is 0 Å². The van der Waals surface area contributed by atoms with Gasteiger partial charge in [0.05, 0.1) is 11.2 Å². The zero-order chi connectivity index (χ0) is 23.0. The minimum Gasteiger partial charge on any atom is -0.373 e. The molecule has 1 aliphatic heterocycles. The van der Waals surface area contributed by atoms with Crippen molar-refractivity contribution in [3.63, 3.8) is 0 Å². The zero-order valence-electron chi connectivity index (χ0n) is 17.2. The highest BCUT2D eigenvalue weighted by molar-refractivity contribution is 8.00. The highest BCUT2D eigenvalue weighted by atomic mass is 32.2. The number of aromatic nitrogens is 1. The molecular weight excluding hydrogens is 441 g/mol. The monoisotopic (exact) mass is 460 g/mol. The number of nitrogens with zero attached hydrogens (tertiary/aromatic N) is 3. The molecule has 1 aliphatic rings. The number of benzene rings is 2. The number of fused-ring (bicyclic) bond motifs is 1. The van der Waals surface area contributed by atoms with Crippen molar-refractivity contribution in [3.8, 4) is 0 Å². The molecular formula is C22H19F3N4O2S. The first kappa shape index (κ1) is 21.9. The van der Waals surface area contributed by atoms with Crippen molar-refractivity contribution in [2.45, 2.75) is 29.9 Å². The SMILES string of the molecule is CNc1cc(CN2C(=O)N(c3ccc(SC(F)(F)F)cc3)C(=O)C2C)c2ccccc2n1. The number of rotatable bonds is 5. The Balaban J connectivity index is 1.62. The van der Waals surface area contributed by atoms with Gasteiger partial charge in [-0.25, -0.2) is 14.7 Å². The third-order valence-electron chi connectivity index (χ3n) is 5.21. The number of nitrogens with one attached hydrogen (secondary N) is 1. The van der Waals surface area contributed by atoms with E-state index in [1.807, 2.05) is 30.3 Å². The second-order valence-electron chi connectivity index (χ2n) is 7.24. The molecule has 6 nitrogen and oxygen atoms in total. The molecule has 3 aromatic rings. The van der Waals surface area contributed by atoms with Crippen LogP contribution in [0.5, 0.6) is 0 Å². The molecule has 1 N–H and O–H groups in total. The number of hydrogen-bond acceptors (Lipinski definition) is 5. The summed E-state index contributed by atoms with van der Waals surface area (Å²) < 4.78 is 37.7. The number of pyridine rings is 1. The van der Waals surface area contributed by atoms with Crippen LogP contribution in [0.25, 0.3) is 10.9 Å². The van der Waals surface area contributed by atoms with E-state index in [9.17, 15) is 22.8 Å². The number of amides is 3. The average molecular weight is 460 g/mol. The van der Waals surface area contributed by atoms with Crippen LogP contribution in [-0.4, -0.2) is 40.4 Å². The van der Waals surface area contributed by atoms with E-state index in [0.29, 0.717) is 5.82 Å². The number of thioether (sulfide) groups is 1. The Kier molecular flexibility index (Phi) is 5.72. The van der Waals surface area contributed by atoms with E-state index >= 15 is 0 Å². The lowest BCUT2D eigenvalue weighted by Gasteiger charge is -2.21. The van der Waals surface area contributed by atoms with Gasteiger partial charge in [0.15, 0.2) is 0 Å². The molecule has 2 aromatic carbocycles. The van der Waals surface area contributed by atoms with Gasteiger partial charge in [-0.2, -0.15) is 13.2 Å². The predicted octanol–water partition coefficient (Wildman–Crippen LogP) is 5.25. The summed E-state index contributed by atoms with van der Waals surface area (Å²) in [6.07, 6.45) is 0. The molecule has 3 amide bonds. The Bertz CT molecular complexity index is 1180. The van der Waals surface area contributed by atoms with Crippen molar-refractivity contribution in [1.29, 1.82) is 0 Å². The van der Waals surface area contributed by atoms with E-state index in [0.717, 1.165) is 21.4 Å². The Morgan fingerprint density at radius 2 is 1.78 bits per heavy atom. The average Bonchev–Trinajstić information content (AvgIpc) is 2.96. The van der Waals surface area contributed by atoms with Gasteiger partial charge < -0.3 is 10.2 Å². The van der Waals surface area contributed by atoms with Crippen LogP contribution < -0.4 is 10.2 Å². The maximum absolute atomic E-state index is 13.1. The van der Waals surface area contributed by atoms with Gasteiger partial charge in [-0.3, -0.25) is 4.79 Å². The van der Waals surface area contributed by atoms with Gasteiger partial charge in [0.1, 0.15) is 11.9 Å². The number of urea groups is 1. The molecule has 0 aliphatic carbocycles. The van der Waals surface area contributed by atoms with Crippen LogP contribution in [0.15, 0.2) is 59.5 Å². The summed E-state index contributed by atoms with van der Waals surface area (Å²) in [7, 11) is 1.75. The molecule has 0 saturated carbocycles. The van der Waals surface area contributed by atoms with Gasteiger partial charge in [-0.05, 0) is 60.6 Å². The molecule has 1 fully saturated rings. The summed E-state index contributed by atoms with van der Waals surface area (Å²) in [5.41, 5.74) is -2.59. The van der Waals surface area contributed by atoms with E-state index < -0.39 is 23.5 Å². The smallest absolute Gasteiger partial charge is 0.373 e. The molecule has 166 valence electrons. The fraction of sp³-hybridized carbons (Fsp3) is 0.227. The molecule has 4 rings (SSSR count). The summed E-state index contributed by atoms with van der Waals surface area (Å²) >= 11 is -0.250. The predicted molar refractivity (Wildman–Crippen MR) is 118 cm³/mol. The number of anilines is 2. The number of hydrogen-bond donors (Lipinski definition) is 1. The van der Waals surface area contributed by atoms with Gasteiger partial charge in [-0.1, -0.05) is 18.2 Å². The van der Waals surface area contributed by atoms with Crippen LogP contribution in [0.1, 0.15) is 12.5 Å². The second-order valence-corrected chi connectivity index (χ2v) is 8.37. The van der Waals surface area contributed by atoms with Crippen LogP contribution in [-0.2, 0) is 11.3 Å². The van der Waals surface area contributed by atoms with E-state index in [2.05, 4.69) is 10.3 Å². The maximum Gasteiger partial charge on any atom is 0.446 e. The van der Waals surface area contributed by atoms with Crippen LogP contribution in [0.4, 0.5) is 29.5 Å². The molecule has 0 radical (unpaired) electrons. The fourth-order valence-corrected chi connectivity index (χ4v) is 4.18. The van der Waals surface area contributed by atoms with E-state index in [4.69, 9.17) is 0 Å². The topological polar surface area (TPSA) is 65.5 Å². The van der Waals surface area contributed by atoms with Gasteiger partial charge in [0.25, 0.3) is 5.91 Å². The molecule has 1 atom stereocenters. The molecule has 1 aromatic heterocycles. The number of halogens is 3. The van der Waals surface area contributed by atoms with E-state index in [-0.39, 0.29) is 28.9 Å². The third-order valence-corrected chi connectivity index (χ3v) is 5.95. The molecule has 2 heterocycles. The number of carbonyl (C=O) groups is 2. The summed E-state index contributed by atoms with van der Waals surface area (Å²) in [5.74, 6) is 0.206. The van der Waals surface area contributed by atoms with E-state index in [1.54, 1.807) is 14.0 Å².